The fraction of sp³-hybridized carbons (Fsp3) is 0.684. The average Bonchev–Trinajstić information content (AvgIpc) is 2.97. The third-order valence-corrected chi connectivity index (χ3v) is 5.13. The second-order valence-electron chi connectivity index (χ2n) is 7.54. The van der Waals surface area contributed by atoms with Gasteiger partial charge in [0, 0.05) is 12.8 Å². The highest BCUT2D eigenvalue weighted by atomic mass is 28.4. The molecule has 24 heavy (non-hydrogen) atoms. The Bertz CT molecular complexity index is 484. The molecule has 1 saturated heterocycles. The molecule has 2 fully saturated rings. The molecule has 1 saturated carbocycles. The minimum atomic E-state index is -1.68. The molecule has 2 aliphatic rings. The molecule has 0 N–H and O–H groups in total. The van der Waals surface area contributed by atoms with E-state index in [0.717, 1.165) is 45.3 Å². The van der Waals surface area contributed by atoms with E-state index in [4.69, 9.17) is 18.6 Å². The molecule has 1 spiro atoms. The van der Waals surface area contributed by atoms with Crippen molar-refractivity contribution < 1.29 is 18.6 Å². The number of hydrogen-bond acceptors (Lipinski definition) is 4. The summed E-state index contributed by atoms with van der Waals surface area (Å²) in [4.78, 5) is 0. The van der Waals surface area contributed by atoms with Crippen LogP contribution < -0.4 is 0 Å². The Labute approximate surface area is 147 Å². The monoisotopic (exact) mass is 352 g/mol. The topological polar surface area (TPSA) is 36.9 Å². The molecule has 136 valence electrons. The SMILES string of the molecule is C=CC/C=C(/OCC(C)=C1CCC2(CC1)OCCO2)O[Si](C)(C)C. The fourth-order valence-electron chi connectivity index (χ4n) is 3.04. The van der Waals surface area contributed by atoms with E-state index in [1.807, 2.05) is 12.2 Å². The standard InChI is InChI=1S/C19H32O4Si/c1-6-7-8-18(23-24(3,4)5)20-15-16(2)17-9-11-19(12-10-17)21-13-14-22-19/h6,8H,1,7,9-15H2,2-5H3/b18-8-. The average molecular weight is 353 g/mol. The van der Waals surface area contributed by atoms with Gasteiger partial charge in [0.15, 0.2) is 5.79 Å². The van der Waals surface area contributed by atoms with E-state index >= 15 is 0 Å². The van der Waals surface area contributed by atoms with Crippen LogP contribution >= 0.6 is 0 Å². The second kappa shape index (κ2) is 8.36. The Morgan fingerprint density at radius 1 is 1.21 bits per heavy atom. The van der Waals surface area contributed by atoms with Crippen molar-refractivity contribution in [2.24, 2.45) is 0 Å². The second-order valence-corrected chi connectivity index (χ2v) is 12.0. The first-order valence-corrected chi connectivity index (χ1v) is 12.3. The molecule has 1 heterocycles. The molecule has 0 bridgehead atoms. The number of rotatable bonds is 7. The predicted octanol–water partition coefficient (Wildman–Crippen LogP) is 4.91. The van der Waals surface area contributed by atoms with Gasteiger partial charge >= 0.3 is 0 Å². The summed E-state index contributed by atoms with van der Waals surface area (Å²) in [6, 6.07) is 0. The van der Waals surface area contributed by atoms with E-state index in [1.54, 1.807) is 0 Å². The van der Waals surface area contributed by atoms with Crippen LogP contribution in [0.1, 0.15) is 39.0 Å². The van der Waals surface area contributed by atoms with Crippen molar-refractivity contribution in [1.82, 2.24) is 0 Å². The summed E-state index contributed by atoms with van der Waals surface area (Å²) in [5.41, 5.74) is 2.77. The molecule has 4 nitrogen and oxygen atoms in total. The Kier molecular flexibility index (Phi) is 6.72. The molecule has 0 unspecified atom stereocenters. The van der Waals surface area contributed by atoms with Gasteiger partial charge < -0.3 is 18.6 Å². The van der Waals surface area contributed by atoms with Crippen LogP contribution in [-0.4, -0.2) is 33.9 Å². The van der Waals surface area contributed by atoms with Crippen LogP contribution in [-0.2, 0) is 18.6 Å². The maximum Gasteiger partial charge on any atom is 0.261 e. The van der Waals surface area contributed by atoms with E-state index in [-0.39, 0.29) is 5.79 Å². The lowest BCUT2D eigenvalue weighted by Crippen LogP contribution is -2.33. The maximum atomic E-state index is 6.02. The summed E-state index contributed by atoms with van der Waals surface area (Å²) < 4.78 is 23.6. The third-order valence-electron chi connectivity index (χ3n) is 4.32. The van der Waals surface area contributed by atoms with Crippen LogP contribution in [0.25, 0.3) is 0 Å². The number of allylic oxidation sites excluding steroid dienone is 3. The van der Waals surface area contributed by atoms with Crippen LogP contribution in [0.4, 0.5) is 0 Å². The Balaban J connectivity index is 1.90. The molecule has 0 aromatic rings. The highest BCUT2D eigenvalue weighted by Gasteiger charge is 2.39. The largest absolute Gasteiger partial charge is 0.520 e. The summed E-state index contributed by atoms with van der Waals surface area (Å²) in [7, 11) is -1.68. The lowest BCUT2D eigenvalue weighted by Gasteiger charge is -2.33. The number of ether oxygens (including phenoxy) is 3. The fourth-order valence-corrected chi connectivity index (χ4v) is 3.78. The minimum absolute atomic E-state index is 0.305. The molecule has 0 atom stereocenters. The van der Waals surface area contributed by atoms with Gasteiger partial charge in [-0.05, 0) is 57.5 Å². The first kappa shape index (κ1) is 19.3. The van der Waals surface area contributed by atoms with Crippen molar-refractivity contribution in [3.05, 3.63) is 35.8 Å². The molecule has 0 amide bonds. The Hall–Kier alpha value is -1.04. The molecular formula is C19H32O4Si. The van der Waals surface area contributed by atoms with E-state index in [2.05, 4.69) is 33.1 Å². The van der Waals surface area contributed by atoms with Crippen LogP contribution in [0.3, 0.4) is 0 Å². The molecule has 0 aromatic carbocycles. The van der Waals surface area contributed by atoms with Gasteiger partial charge in [-0.25, -0.2) is 0 Å². The molecule has 1 aliphatic heterocycles. The van der Waals surface area contributed by atoms with Crippen LogP contribution in [0.2, 0.25) is 19.6 Å². The Morgan fingerprint density at radius 2 is 1.83 bits per heavy atom. The zero-order chi connectivity index (χ0) is 17.6. The molecule has 5 heteroatoms. The van der Waals surface area contributed by atoms with Crippen molar-refractivity contribution in [3.8, 4) is 0 Å². The van der Waals surface area contributed by atoms with Gasteiger partial charge in [-0.1, -0.05) is 11.6 Å². The zero-order valence-corrected chi connectivity index (χ0v) is 16.7. The summed E-state index contributed by atoms with van der Waals surface area (Å²) >= 11 is 0. The normalized spacial score (nSPS) is 21.0. The lowest BCUT2D eigenvalue weighted by molar-refractivity contribution is -0.171. The van der Waals surface area contributed by atoms with Gasteiger partial charge in [0.25, 0.3) is 5.95 Å². The summed E-state index contributed by atoms with van der Waals surface area (Å²) in [5, 5.41) is 0. The van der Waals surface area contributed by atoms with Crippen LogP contribution in [0.5, 0.6) is 0 Å². The van der Waals surface area contributed by atoms with E-state index < -0.39 is 8.32 Å². The zero-order valence-electron chi connectivity index (χ0n) is 15.7. The molecular weight excluding hydrogens is 320 g/mol. The predicted molar refractivity (Wildman–Crippen MR) is 99.1 cm³/mol. The van der Waals surface area contributed by atoms with Crippen molar-refractivity contribution >= 4 is 8.32 Å². The highest BCUT2D eigenvalue weighted by molar-refractivity contribution is 6.69. The van der Waals surface area contributed by atoms with Crippen molar-refractivity contribution in [2.45, 2.75) is 64.5 Å². The molecule has 0 aromatic heterocycles. The Morgan fingerprint density at radius 3 is 2.38 bits per heavy atom. The van der Waals surface area contributed by atoms with Gasteiger partial charge in [0.1, 0.15) is 6.61 Å². The van der Waals surface area contributed by atoms with Gasteiger partial charge in [-0.15, -0.1) is 6.58 Å². The van der Waals surface area contributed by atoms with E-state index in [0.29, 0.717) is 12.6 Å². The lowest BCUT2D eigenvalue weighted by atomic mass is 9.87. The quantitative estimate of drug-likeness (QED) is 0.371. The van der Waals surface area contributed by atoms with Crippen molar-refractivity contribution in [3.63, 3.8) is 0 Å². The summed E-state index contributed by atoms with van der Waals surface area (Å²) in [5.74, 6) is 0.337. The van der Waals surface area contributed by atoms with Crippen molar-refractivity contribution in [2.75, 3.05) is 19.8 Å². The maximum absolute atomic E-state index is 6.02. The smallest absolute Gasteiger partial charge is 0.261 e. The van der Waals surface area contributed by atoms with Gasteiger partial charge in [-0.2, -0.15) is 0 Å². The van der Waals surface area contributed by atoms with E-state index in [1.165, 1.54) is 11.1 Å². The molecule has 1 aliphatic carbocycles. The molecule has 0 radical (unpaired) electrons. The van der Waals surface area contributed by atoms with Gasteiger partial charge in [0.05, 0.1) is 13.2 Å². The first-order valence-electron chi connectivity index (χ1n) is 8.92. The van der Waals surface area contributed by atoms with Crippen LogP contribution in [0.15, 0.2) is 35.8 Å². The minimum Gasteiger partial charge on any atom is -0.520 e. The van der Waals surface area contributed by atoms with Gasteiger partial charge in [0.2, 0.25) is 8.32 Å². The highest BCUT2D eigenvalue weighted by Crippen LogP contribution is 2.39. The summed E-state index contributed by atoms with van der Waals surface area (Å²) in [6.45, 7) is 14.4. The van der Waals surface area contributed by atoms with Crippen molar-refractivity contribution in [1.29, 1.82) is 0 Å². The van der Waals surface area contributed by atoms with Gasteiger partial charge in [-0.3, -0.25) is 0 Å². The molecule has 2 rings (SSSR count). The third kappa shape index (κ3) is 5.79. The summed E-state index contributed by atoms with van der Waals surface area (Å²) in [6.07, 6.45) is 8.52. The van der Waals surface area contributed by atoms with Crippen LogP contribution in [0, 0.1) is 0 Å². The first-order chi connectivity index (χ1) is 11.3. The van der Waals surface area contributed by atoms with E-state index in [9.17, 15) is 0 Å². The number of hydrogen-bond donors (Lipinski definition) is 0.